The Kier molecular flexibility index (Phi) is 25.7. The van der Waals surface area contributed by atoms with Crippen molar-refractivity contribution in [1.29, 1.82) is 0 Å². The molecule has 0 heterocycles. The first-order valence-corrected chi connectivity index (χ1v) is 27.9. The van der Waals surface area contributed by atoms with Gasteiger partial charge in [0.2, 0.25) is 0 Å². The summed E-state index contributed by atoms with van der Waals surface area (Å²) in [5.74, 6) is -1.76. The highest BCUT2D eigenvalue weighted by atomic mass is 35.5. The highest BCUT2D eigenvalue weighted by Crippen LogP contribution is 2.32. The van der Waals surface area contributed by atoms with Crippen LogP contribution in [0.1, 0.15) is 181 Å². The minimum absolute atomic E-state index is 0.0885. The van der Waals surface area contributed by atoms with Gasteiger partial charge in [-0.25, -0.2) is 9.59 Å². The maximum absolute atomic E-state index is 13.3. The molecule has 0 fully saturated rings. The quantitative estimate of drug-likeness (QED) is 0.0260. The molecule has 0 saturated carbocycles. The second kappa shape index (κ2) is 30.3. The van der Waals surface area contributed by atoms with Crippen molar-refractivity contribution in [3.05, 3.63) is 140 Å². The first-order valence-electron chi connectivity index (χ1n) is 27.1. The van der Waals surface area contributed by atoms with Crippen LogP contribution in [0.25, 0.3) is 0 Å². The molecule has 0 saturated heterocycles. The van der Waals surface area contributed by atoms with Gasteiger partial charge in [0.25, 0.3) is 0 Å². The van der Waals surface area contributed by atoms with Gasteiger partial charge in [0.05, 0.1) is 91.5 Å². The van der Waals surface area contributed by atoms with E-state index in [4.69, 9.17) is 61.1 Å². The minimum atomic E-state index is -0.814. The lowest BCUT2D eigenvalue weighted by Crippen LogP contribution is -2.43. The summed E-state index contributed by atoms with van der Waals surface area (Å²) in [7, 11) is 0. The highest BCUT2D eigenvalue weighted by molar-refractivity contribution is 6.31. The predicted molar refractivity (Wildman–Crippen MR) is 306 cm³/mol. The summed E-state index contributed by atoms with van der Waals surface area (Å²) in [6.45, 7) is 26.6. The van der Waals surface area contributed by atoms with Gasteiger partial charge in [-0.05, 0) is 169 Å². The molecule has 1 N–H and O–H groups in total. The normalized spacial score (nSPS) is 13.7. The maximum Gasteiger partial charge on any atom is 0.338 e. The number of hydrogen-bond acceptors (Lipinski definition) is 13. The molecule has 0 bridgehead atoms. The number of ketones is 2. The average Bonchev–Trinajstić information content (AvgIpc) is 3.37. The number of benzene rings is 4. The molecule has 430 valence electrons. The Morgan fingerprint density at radius 3 is 1.31 bits per heavy atom. The molecule has 0 aliphatic rings. The van der Waals surface area contributed by atoms with E-state index >= 15 is 0 Å². The van der Waals surface area contributed by atoms with Gasteiger partial charge in [-0.1, -0.05) is 66.5 Å². The van der Waals surface area contributed by atoms with Crippen molar-refractivity contribution in [2.45, 2.75) is 162 Å². The third kappa shape index (κ3) is 23.3. The Labute approximate surface area is 474 Å². The molecule has 4 aromatic rings. The van der Waals surface area contributed by atoms with Crippen LogP contribution < -0.4 is 0 Å². The predicted octanol–water partition coefficient (Wildman–Crippen LogP) is 13.6. The number of rotatable bonds is 36. The molecule has 4 rings (SSSR count). The molecule has 78 heavy (non-hydrogen) atoms. The third-order valence-corrected chi connectivity index (χ3v) is 14.2. The van der Waals surface area contributed by atoms with Crippen molar-refractivity contribution in [3.63, 3.8) is 0 Å². The van der Waals surface area contributed by atoms with E-state index in [0.29, 0.717) is 112 Å². The fourth-order valence-corrected chi connectivity index (χ4v) is 8.11. The Morgan fingerprint density at radius 1 is 0.474 bits per heavy atom. The van der Waals surface area contributed by atoms with E-state index in [0.717, 1.165) is 0 Å². The van der Waals surface area contributed by atoms with Gasteiger partial charge in [-0.3, -0.25) is 9.59 Å². The number of halogens is 2. The van der Waals surface area contributed by atoms with Gasteiger partial charge >= 0.3 is 11.9 Å². The van der Waals surface area contributed by atoms with Crippen LogP contribution in [0.5, 0.6) is 0 Å². The number of carbonyl (C=O) groups excluding carboxylic acids is 4. The minimum Gasteiger partial charge on any atom is -0.462 e. The maximum atomic E-state index is 13.3. The summed E-state index contributed by atoms with van der Waals surface area (Å²) in [5.41, 5.74) is -1.87. The second-order valence-electron chi connectivity index (χ2n) is 23.3. The van der Waals surface area contributed by atoms with Gasteiger partial charge in [0.1, 0.15) is 0 Å². The van der Waals surface area contributed by atoms with Gasteiger partial charge < -0.3 is 43.0 Å². The van der Waals surface area contributed by atoms with Crippen molar-refractivity contribution in [1.82, 2.24) is 0 Å². The topological polar surface area (TPSA) is 162 Å². The van der Waals surface area contributed by atoms with Gasteiger partial charge in [0.15, 0.2) is 11.6 Å². The summed E-state index contributed by atoms with van der Waals surface area (Å²) in [6.07, 6.45) is 3.69. The third-order valence-electron chi connectivity index (χ3n) is 13.7. The van der Waals surface area contributed by atoms with E-state index in [2.05, 4.69) is 6.92 Å². The largest absolute Gasteiger partial charge is 0.462 e. The zero-order valence-corrected chi connectivity index (χ0v) is 49.7. The Morgan fingerprint density at radius 2 is 0.859 bits per heavy atom. The molecule has 15 heteroatoms. The molecule has 0 amide bonds. The lowest BCUT2D eigenvalue weighted by molar-refractivity contribution is -0.152. The Bertz CT molecular complexity index is 2510. The molecule has 0 radical (unpaired) electrons. The lowest BCUT2D eigenvalue weighted by atomic mass is 9.87. The van der Waals surface area contributed by atoms with Crippen LogP contribution in [0, 0.1) is 5.41 Å². The number of hydrogen-bond donors (Lipinski definition) is 1. The smallest absolute Gasteiger partial charge is 0.338 e. The van der Waals surface area contributed by atoms with Gasteiger partial charge in [-0.2, -0.15) is 0 Å². The van der Waals surface area contributed by atoms with Crippen molar-refractivity contribution in [2.75, 3.05) is 59.5 Å². The molecule has 0 aliphatic carbocycles. The highest BCUT2D eigenvalue weighted by Gasteiger charge is 2.36. The number of carbonyl (C=O) groups is 4. The summed E-state index contributed by atoms with van der Waals surface area (Å²) in [4.78, 5) is 53.0. The monoisotopic (exact) mass is 1120 g/mol. The van der Waals surface area contributed by atoms with Gasteiger partial charge in [0, 0.05) is 63.8 Å². The Hall–Kier alpha value is -4.54. The first-order chi connectivity index (χ1) is 36.5. The van der Waals surface area contributed by atoms with Crippen LogP contribution in [-0.4, -0.2) is 122 Å². The summed E-state index contributed by atoms with van der Waals surface area (Å²) in [5, 5.41) is 11.2. The van der Waals surface area contributed by atoms with Gasteiger partial charge in [-0.15, -0.1) is 0 Å². The molecule has 0 aromatic heterocycles. The van der Waals surface area contributed by atoms with E-state index in [9.17, 15) is 24.3 Å². The lowest BCUT2D eigenvalue weighted by Gasteiger charge is -2.39. The summed E-state index contributed by atoms with van der Waals surface area (Å²) < 4.78 is 49.9. The zero-order chi connectivity index (χ0) is 57.8. The van der Waals surface area contributed by atoms with Crippen LogP contribution in [0.4, 0.5) is 0 Å². The van der Waals surface area contributed by atoms with Crippen molar-refractivity contribution in [2.24, 2.45) is 5.41 Å². The van der Waals surface area contributed by atoms with Crippen molar-refractivity contribution < 1.29 is 62.2 Å². The molecule has 2 atom stereocenters. The molecular formula is C63H86Cl2O13. The van der Waals surface area contributed by atoms with E-state index in [1.807, 2.05) is 62.3 Å². The molecule has 0 spiro atoms. The van der Waals surface area contributed by atoms with Crippen LogP contribution in [0.3, 0.4) is 0 Å². The average molecular weight is 1120 g/mol. The van der Waals surface area contributed by atoms with E-state index in [1.54, 1.807) is 111 Å². The van der Waals surface area contributed by atoms with Crippen molar-refractivity contribution >= 4 is 46.7 Å². The molecule has 0 aliphatic heterocycles. The van der Waals surface area contributed by atoms with Crippen LogP contribution in [0.15, 0.2) is 97.1 Å². The number of ether oxygens (including phenoxy) is 8. The van der Waals surface area contributed by atoms with Crippen LogP contribution in [-0.2, 0) is 37.9 Å². The zero-order valence-electron chi connectivity index (χ0n) is 48.2. The fraction of sp³-hybridized carbons (Fsp3) is 0.556. The molecule has 13 nitrogen and oxygen atoms in total. The Balaban J connectivity index is 1.29. The molecular weight excluding hydrogens is 1040 g/mol. The van der Waals surface area contributed by atoms with E-state index < -0.39 is 45.4 Å². The van der Waals surface area contributed by atoms with Crippen LogP contribution >= 0.6 is 23.2 Å². The van der Waals surface area contributed by atoms with Crippen molar-refractivity contribution in [3.8, 4) is 0 Å². The van der Waals surface area contributed by atoms with E-state index in [1.165, 1.54) is 0 Å². The molecule has 2 unspecified atom stereocenters. The van der Waals surface area contributed by atoms with Crippen LogP contribution in [0.2, 0.25) is 10.0 Å². The summed E-state index contributed by atoms with van der Waals surface area (Å²) >= 11 is 12.0. The molecule has 4 aromatic carbocycles. The standard InChI is InChI=1S/C63H86Cl2O13/c1-13-63(42-71-37-32-59(5,6)75-40-31-58(3,4)70,43-77-61(9,10)33-38-72-45(2)30-36-73-56(68)52-20-16-14-18-50(52)54(66)46-22-26-48(64)27-23-46)44-78-62(11,12)35-41-76-60(7,8)34-39-74-57(69)53-21-17-15-19-51(53)55(67)47-24-28-49(65)29-25-47/h14-29,45,70H,13,30-44H2,1-12H3. The fourth-order valence-electron chi connectivity index (χ4n) is 7.86. The SMILES string of the molecule is CCC(COCCC(C)(C)OCCC(C)(C)O)(COC(C)(C)CCOC(C)CCOC(=O)c1ccccc1C(=O)c1ccc(Cl)cc1)COC(C)(C)CCOC(C)(C)CCOC(=O)c1ccccc1C(=O)c1ccc(Cl)cc1. The number of aliphatic hydroxyl groups is 1. The number of esters is 2. The second-order valence-corrected chi connectivity index (χ2v) is 24.2. The van der Waals surface area contributed by atoms with E-state index in [-0.39, 0.29) is 53.1 Å². The summed E-state index contributed by atoms with van der Waals surface area (Å²) in [6, 6.07) is 26.3. The first kappa shape index (κ1) is 66.0.